The Morgan fingerprint density at radius 1 is 1.13 bits per heavy atom. The van der Waals surface area contributed by atoms with E-state index in [1.807, 2.05) is 0 Å². The molecule has 0 amide bonds. The highest BCUT2D eigenvalue weighted by Gasteiger charge is 2.15. The number of benzene rings is 2. The largest absolute Gasteiger partial charge is 0.280 e. The van der Waals surface area contributed by atoms with Crippen LogP contribution >= 0.6 is 15.9 Å². The van der Waals surface area contributed by atoms with Crippen LogP contribution in [-0.2, 0) is 10.0 Å². The van der Waals surface area contributed by atoms with E-state index in [9.17, 15) is 12.8 Å². The van der Waals surface area contributed by atoms with E-state index in [-0.39, 0.29) is 16.3 Å². The molecule has 0 bridgehead atoms. The molecular formula is C14H10BrFN4O2S. The second kappa shape index (κ2) is 6.09. The maximum atomic E-state index is 14.1. The summed E-state index contributed by atoms with van der Waals surface area (Å²) in [6.07, 6.45) is 2.63. The first-order chi connectivity index (χ1) is 11.0. The Morgan fingerprint density at radius 3 is 2.48 bits per heavy atom. The molecule has 6 nitrogen and oxygen atoms in total. The summed E-state index contributed by atoms with van der Waals surface area (Å²) in [5.41, 5.74) is 0.295. The number of hydrogen-bond acceptors (Lipinski definition) is 4. The first-order valence-electron chi connectivity index (χ1n) is 6.39. The molecule has 0 atom stereocenters. The molecule has 1 N–H and O–H groups in total. The van der Waals surface area contributed by atoms with Crippen molar-refractivity contribution >= 4 is 31.6 Å². The molecule has 0 saturated carbocycles. The Labute approximate surface area is 140 Å². The van der Waals surface area contributed by atoms with Gasteiger partial charge in [-0.1, -0.05) is 15.9 Å². The minimum absolute atomic E-state index is 0.0847. The molecule has 1 heterocycles. The van der Waals surface area contributed by atoms with Crippen molar-refractivity contribution in [2.45, 2.75) is 4.90 Å². The molecule has 0 aliphatic heterocycles. The molecule has 0 spiro atoms. The third-order valence-corrected chi connectivity index (χ3v) is 4.92. The summed E-state index contributed by atoms with van der Waals surface area (Å²) < 4.78 is 43.0. The van der Waals surface area contributed by atoms with Crippen LogP contribution in [-0.4, -0.2) is 23.2 Å². The van der Waals surface area contributed by atoms with Gasteiger partial charge in [0.25, 0.3) is 10.0 Å². The standard InChI is InChI=1S/C14H10BrFN4O2S/c15-10-1-4-12(5-2-10)23(21,22)19-11-3-6-14(13(16)7-11)20-9-17-8-18-20/h1-9,19H. The molecule has 2 aromatic carbocycles. The second-order valence-electron chi connectivity index (χ2n) is 4.57. The Balaban J connectivity index is 1.88. The van der Waals surface area contributed by atoms with Crippen molar-refractivity contribution in [3.63, 3.8) is 0 Å². The van der Waals surface area contributed by atoms with Gasteiger partial charge in [0, 0.05) is 10.5 Å². The highest BCUT2D eigenvalue weighted by atomic mass is 79.9. The van der Waals surface area contributed by atoms with Crippen LogP contribution in [0.1, 0.15) is 0 Å². The predicted molar refractivity (Wildman–Crippen MR) is 86.3 cm³/mol. The number of halogens is 2. The summed E-state index contributed by atoms with van der Waals surface area (Å²) in [5.74, 6) is -0.619. The first-order valence-corrected chi connectivity index (χ1v) is 8.66. The van der Waals surface area contributed by atoms with Crippen molar-refractivity contribution in [3.8, 4) is 5.69 Å². The predicted octanol–water partition coefficient (Wildman–Crippen LogP) is 2.97. The molecule has 3 aromatic rings. The summed E-state index contributed by atoms with van der Waals surface area (Å²) >= 11 is 3.24. The number of nitrogens with one attached hydrogen (secondary N) is 1. The van der Waals surface area contributed by atoms with E-state index in [4.69, 9.17) is 0 Å². The van der Waals surface area contributed by atoms with Crippen LogP contribution in [0.3, 0.4) is 0 Å². The average molecular weight is 397 g/mol. The fourth-order valence-corrected chi connectivity index (χ4v) is 3.23. The molecule has 1 aromatic heterocycles. The van der Waals surface area contributed by atoms with Gasteiger partial charge in [-0.25, -0.2) is 22.5 Å². The quantitative estimate of drug-likeness (QED) is 0.735. The minimum Gasteiger partial charge on any atom is -0.280 e. The number of rotatable bonds is 4. The summed E-state index contributed by atoms with van der Waals surface area (Å²) in [7, 11) is -3.79. The van der Waals surface area contributed by atoms with Crippen molar-refractivity contribution < 1.29 is 12.8 Å². The van der Waals surface area contributed by atoms with Crippen LogP contribution < -0.4 is 4.72 Å². The summed E-state index contributed by atoms with van der Waals surface area (Å²) in [6, 6.07) is 10.1. The molecule has 0 saturated heterocycles. The van der Waals surface area contributed by atoms with Crippen molar-refractivity contribution in [1.82, 2.24) is 14.8 Å². The van der Waals surface area contributed by atoms with Gasteiger partial charge in [0.15, 0.2) is 5.82 Å². The summed E-state index contributed by atoms with van der Waals surface area (Å²) in [6.45, 7) is 0. The third kappa shape index (κ3) is 3.40. The van der Waals surface area contributed by atoms with E-state index in [0.717, 1.165) is 10.5 Å². The topological polar surface area (TPSA) is 76.9 Å². The molecule has 0 aliphatic rings. The van der Waals surface area contributed by atoms with Crippen LogP contribution in [0.15, 0.2) is 64.5 Å². The number of nitrogens with zero attached hydrogens (tertiary/aromatic N) is 3. The fourth-order valence-electron chi connectivity index (χ4n) is 1.92. The number of anilines is 1. The van der Waals surface area contributed by atoms with Gasteiger partial charge in [-0.15, -0.1) is 0 Å². The molecule has 9 heteroatoms. The highest BCUT2D eigenvalue weighted by molar-refractivity contribution is 9.10. The number of sulfonamides is 1. The Morgan fingerprint density at radius 2 is 1.87 bits per heavy atom. The molecule has 0 fully saturated rings. The van der Waals surface area contributed by atoms with Gasteiger partial charge in [0.2, 0.25) is 0 Å². The van der Waals surface area contributed by atoms with E-state index >= 15 is 0 Å². The highest BCUT2D eigenvalue weighted by Crippen LogP contribution is 2.21. The lowest BCUT2D eigenvalue weighted by Crippen LogP contribution is -2.13. The monoisotopic (exact) mass is 396 g/mol. The lowest BCUT2D eigenvalue weighted by atomic mass is 10.3. The maximum absolute atomic E-state index is 14.1. The first kappa shape index (κ1) is 15.6. The Bertz CT molecular complexity index is 928. The molecule has 118 valence electrons. The van der Waals surface area contributed by atoms with Gasteiger partial charge in [0.1, 0.15) is 18.3 Å². The normalized spacial score (nSPS) is 11.4. The zero-order valence-electron chi connectivity index (χ0n) is 11.5. The van der Waals surface area contributed by atoms with Crippen LogP contribution in [0.25, 0.3) is 5.69 Å². The fraction of sp³-hybridized carbons (Fsp3) is 0. The van der Waals surface area contributed by atoms with Gasteiger partial charge in [-0.3, -0.25) is 4.72 Å². The van der Waals surface area contributed by atoms with Crippen LogP contribution in [0.4, 0.5) is 10.1 Å². The van der Waals surface area contributed by atoms with E-state index < -0.39 is 15.8 Å². The maximum Gasteiger partial charge on any atom is 0.261 e. The summed E-state index contributed by atoms with van der Waals surface area (Å²) in [4.78, 5) is 3.82. The Hall–Kier alpha value is -2.26. The molecule has 3 rings (SSSR count). The zero-order valence-corrected chi connectivity index (χ0v) is 13.9. The van der Waals surface area contributed by atoms with Crippen molar-refractivity contribution in [1.29, 1.82) is 0 Å². The molecule has 0 radical (unpaired) electrons. The molecule has 0 unspecified atom stereocenters. The van der Waals surface area contributed by atoms with Gasteiger partial charge in [0.05, 0.1) is 10.6 Å². The second-order valence-corrected chi connectivity index (χ2v) is 7.16. The summed E-state index contributed by atoms with van der Waals surface area (Å²) in [5, 5.41) is 3.83. The average Bonchev–Trinajstić information content (AvgIpc) is 3.01. The number of hydrogen-bond donors (Lipinski definition) is 1. The van der Waals surface area contributed by atoms with Gasteiger partial charge in [-0.05, 0) is 36.4 Å². The van der Waals surface area contributed by atoms with Gasteiger partial charge >= 0.3 is 0 Å². The third-order valence-electron chi connectivity index (χ3n) is 2.99. The lowest BCUT2D eigenvalue weighted by Gasteiger charge is -2.10. The van der Waals surface area contributed by atoms with E-state index in [1.54, 1.807) is 12.1 Å². The Kier molecular flexibility index (Phi) is 4.14. The molecular weight excluding hydrogens is 387 g/mol. The van der Waals surface area contributed by atoms with E-state index in [1.165, 1.54) is 41.6 Å². The van der Waals surface area contributed by atoms with Crippen LogP contribution in [0.5, 0.6) is 0 Å². The lowest BCUT2D eigenvalue weighted by molar-refractivity contribution is 0.600. The molecule has 23 heavy (non-hydrogen) atoms. The SMILES string of the molecule is O=S(=O)(Nc1ccc(-n2cncn2)c(F)c1)c1ccc(Br)cc1. The zero-order chi connectivity index (χ0) is 16.4. The van der Waals surface area contributed by atoms with Crippen molar-refractivity contribution in [2.24, 2.45) is 0 Å². The molecule has 0 aliphatic carbocycles. The van der Waals surface area contributed by atoms with E-state index in [2.05, 4.69) is 30.7 Å². The van der Waals surface area contributed by atoms with Gasteiger partial charge in [-0.2, -0.15) is 5.10 Å². The van der Waals surface area contributed by atoms with Crippen LogP contribution in [0, 0.1) is 5.82 Å². The van der Waals surface area contributed by atoms with E-state index in [0.29, 0.717) is 0 Å². The van der Waals surface area contributed by atoms with Crippen molar-refractivity contribution in [3.05, 3.63) is 65.4 Å². The number of aromatic nitrogens is 3. The smallest absolute Gasteiger partial charge is 0.261 e. The van der Waals surface area contributed by atoms with Crippen molar-refractivity contribution in [2.75, 3.05) is 4.72 Å². The van der Waals surface area contributed by atoms with Gasteiger partial charge < -0.3 is 0 Å². The van der Waals surface area contributed by atoms with Crippen LogP contribution in [0.2, 0.25) is 0 Å². The minimum atomic E-state index is -3.79.